The highest BCUT2D eigenvalue weighted by molar-refractivity contribution is 5.97. The van der Waals surface area contributed by atoms with Crippen LogP contribution in [0.25, 0.3) is 0 Å². The van der Waals surface area contributed by atoms with Gasteiger partial charge in [-0.2, -0.15) is 0 Å². The molecule has 0 spiro atoms. The van der Waals surface area contributed by atoms with Crippen LogP contribution in [0.1, 0.15) is 18.1 Å². The van der Waals surface area contributed by atoms with Crippen molar-refractivity contribution in [1.82, 2.24) is 10.6 Å². The van der Waals surface area contributed by atoms with Crippen molar-refractivity contribution in [3.05, 3.63) is 29.3 Å². The largest absolute Gasteiger partial charge is 0.482 e. The Morgan fingerprint density at radius 1 is 1.18 bits per heavy atom. The molecule has 0 heterocycles. The summed E-state index contributed by atoms with van der Waals surface area (Å²) in [6.07, 6.45) is -1.09. The number of amides is 3. The number of carbonyl (C=O) groups is 3. The molecule has 7 heteroatoms. The number of rotatable bonds is 5. The van der Waals surface area contributed by atoms with E-state index >= 15 is 0 Å². The molecule has 120 valence electrons. The molecule has 0 unspecified atom stereocenters. The Hall–Kier alpha value is -2.57. The fourth-order valence-corrected chi connectivity index (χ4v) is 1.51. The van der Waals surface area contributed by atoms with Crippen LogP contribution in [0, 0.1) is 13.8 Å². The number of hydrogen-bond donors (Lipinski definition) is 2. The van der Waals surface area contributed by atoms with Crippen molar-refractivity contribution in [2.75, 3.05) is 13.7 Å². The Morgan fingerprint density at radius 3 is 2.45 bits per heavy atom. The van der Waals surface area contributed by atoms with Crippen molar-refractivity contribution < 1.29 is 23.9 Å². The number of urea groups is 1. The summed E-state index contributed by atoms with van der Waals surface area (Å²) in [4.78, 5) is 34.1. The molecule has 0 aliphatic carbocycles. The Bertz CT molecular complexity index is 571. The molecular weight excluding hydrogens is 288 g/mol. The van der Waals surface area contributed by atoms with Gasteiger partial charge >= 0.3 is 12.0 Å². The smallest absolute Gasteiger partial charge is 0.344 e. The van der Waals surface area contributed by atoms with Crippen LogP contribution in [-0.4, -0.2) is 37.7 Å². The first-order chi connectivity index (χ1) is 10.3. The highest BCUT2D eigenvalue weighted by Gasteiger charge is 2.19. The summed E-state index contributed by atoms with van der Waals surface area (Å²) >= 11 is 0. The van der Waals surface area contributed by atoms with Crippen LogP contribution >= 0.6 is 0 Å². The second kappa shape index (κ2) is 8.02. The molecule has 0 radical (unpaired) electrons. The van der Waals surface area contributed by atoms with Crippen LogP contribution in [0.4, 0.5) is 4.79 Å². The summed E-state index contributed by atoms with van der Waals surface area (Å²) in [5.41, 5.74) is 2.17. The van der Waals surface area contributed by atoms with E-state index in [-0.39, 0.29) is 6.61 Å². The highest BCUT2D eigenvalue weighted by atomic mass is 16.6. The molecule has 2 N–H and O–H groups in total. The maximum atomic E-state index is 11.6. The van der Waals surface area contributed by atoms with Gasteiger partial charge in [-0.1, -0.05) is 6.07 Å². The lowest BCUT2D eigenvalue weighted by Gasteiger charge is -2.13. The molecule has 22 heavy (non-hydrogen) atoms. The number of hydrogen-bond acceptors (Lipinski definition) is 5. The molecule has 0 aromatic heterocycles. The second-order valence-electron chi connectivity index (χ2n) is 4.74. The van der Waals surface area contributed by atoms with Crippen LogP contribution in [-0.2, 0) is 14.3 Å². The minimum Gasteiger partial charge on any atom is -0.482 e. The molecule has 0 saturated heterocycles. The maximum Gasteiger partial charge on any atom is 0.344 e. The van der Waals surface area contributed by atoms with Crippen molar-refractivity contribution in [2.45, 2.75) is 26.9 Å². The molecule has 0 aliphatic rings. The van der Waals surface area contributed by atoms with Gasteiger partial charge in [0.05, 0.1) is 0 Å². The standard InChI is InChI=1S/C15H20N2O5/c1-9-5-6-12(7-10(9)2)21-8-13(18)22-11(3)14(19)17-15(20)16-4/h5-7,11H,8H2,1-4H3,(H2,16,17,19,20)/t11-/m1/s1. The van der Waals surface area contributed by atoms with Gasteiger partial charge in [0.1, 0.15) is 5.75 Å². The quantitative estimate of drug-likeness (QED) is 0.794. The van der Waals surface area contributed by atoms with Crippen molar-refractivity contribution in [3.8, 4) is 5.75 Å². The van der Waals surface area contributed by atoms with Gasteiger partial charge in [-0.25, -0.2) is 9.59 Å². The minimum atomic E-state index is -1.09. The lowest BCUT2D eigenvalue weighted by atomic mass is 10.1. The fraction of sp³-hybridized carbons (Fsp3) is 0.400. The summed E-state index contributed by atoms with van der Waals surface area (Å²) in [7, 11) is 1.37. The van der Waals surface area contributed by atoms with E-state index < -0.39 is 24.0 Å². The molecule has 1 aromatic rings. The first-order valence-corrected chi connectivity index (χ1v) is 6.75. The monoisotopic (exact) mass is 308 g/mol. The zero-order valence-electron chi connectivity index (χ0n) is 13.1. The van der Waals surface area contributed by atoms with Crippen LogP contribution in [0.2, 0.25) is 0 Å². The average Bonchev–Trinajstić information content (AvgIpc) is 2.48. The van der Waals surface area contributed by atoms with Gasteiger partial charge < -0.3 is 14.8 Å². The molecule has 0 bridgehead atoms. The molecule has 0 saturated carbocycles. The summed E-state index contributed by atoms with van der Waals surface area (Å²) < 4.78 is 10.2. The van der Waals surface area contributed by atoms with Crippen molar-refractivity contribution >= 4 is 17.9 Å². The summed E-state index contributed by atoms with van der Waals surface area (Å²) in [5, 5.41) is 4.24. The molecule has 0 aliphatic heterocycles. The number of ether oxygens (including phenoxy) is 2. The van der Waals surface area contributed by atoms with Gasteiger partial charge in [-0.3, -0.25) is 10.1 Å². The normalized spacial score (nSPS) is 11.3. The minimum absolute atomic E-state index is 0.319. The molecule has 1 aromatic carbocycles. The van der Waals surface area contributed by atoms with Crippen LogP contribution < -0.4 is 15.4 Å². The Morgan fingerprint density at radius 2 is 1.86 bits per heavy atom. The van der Waals surface area contributed by atoms with E-state index in [4.69, 9.17) is 9.47 Å². The molecule has 7 nitrogen and oxygen atoms in total. The van der Waals surface area contributed by atoms with Gasteiger partial charge in [0, 0.05) is 7.05 Å². The summed E-state index contributed by atoms with van der Waals surface area (Å²) in [6, 6.07) is 4.77. The van der Waals surface area contributed by atoms with E-state index in [9.17, 15) is 14.4 Å². The maximum absolute atomic E-state index is 11.6. The molecule has 1 atom stereocenters. The fourth-order valence-electron chi connectivity index (χ4n) is 1.51. The predicted octanol–water partition coefficient (Wildman–Crippen LogP) is 1.07. The summed E-state index contributed by atoms with van der Waals surface area (Å²) in [6.45, 7) is 4.96. The Labute approximate surface area is 129 Å². The van der Waals surface area contributed by atoms with Gasteiger partial charge in [0.15, 0.2) is 12.7 Å². The summed E-state index contributed by atoms with van der Waals surface area (Å²) in [5.74, 6) is -0.862. The zero-order valence-corrected chi connectivity index (χ0v) is 13.1. The third-order valence-electron chi connectivity index (χ3n) is 2.98. The van der Waals surface area contributed by atoms with E-state index in [2.05, 4.69) is 5.32 Å². The predicted molar refractivity (Wildman–Crippen MR) is 79.6 cm³/mol. The number of carbonyl (C=O) groups excluding carboxylic acids is 3. The molecule has 1 rings (SSSR count). The zero-order chi connectivity index (χ0) is 16.7. The van der Waals surface area contributed by atoms with Gasteiger partial charge in [0.25, 0.3) is 5.91 Å². The number of esters is 1. The molecule has 3 amide bonds. The van der Waals surface area contributed by atoms with Crippen LogP contribution in [0.15, 0.2) is 18.2 Å². The van der Waals surface area contributed by atoms with Crippen LogP contribution in [0.3, 0.4) is 0 Å². The number of benzene rings is 1. The van der Waals surface area contributed by atoms with E-state index in [0.29, 0.717) is 5.75 Å². The van der Waals surface area contributed by atoms with Gasteiger partial charge in [-0.15, -0.1) is 0 Å². The second-order valence-corrected chi connectivity index (χ2v) is 4.74. The van der Waals surface area contributed by atoms with E-state index in [0.717, 1.165) is 11.1 Å². The average molecular weight is 308 g/mol. The molecule has 0 fully saturated rings. The Balaban J connectivity index is 2.43. The first kappa shape index (κ1) is 17.5. The van der Waals surface area contributed by atoms with Crippen LogP contribution in [0.5, 0.6) is 5.75 Å². The lowest BCUT2D eigenvalue weighted by Crippen LogP contribution is -2.43. The highest BCUT2D eigenvalue weighted by Crippen LogP contribution is 2.16. The first-order valence-electron chi connectivity index (χ1n) is 6.75. The van der Waals surface area contributed by atoms with Crippen molar-refractivity contribution in [1.29, 1.82) is 0 Å². The topological polar surface area (TPSA) is 93.7 Å². The van der Waals surface area contributed by atoms with Crippen molar-refractivity contribution in [2.24, 2.45) is 0 Å². The lowest BCUT2D eigenvalue weighted by molar-refractivity contribution is -0.156. The van der Waals surface area contributed by atoms with E-state index in [1.54, 1.807) is 6.07 Å². The molecular formula is C15H20N2O5. The van der Waals surface area contributed by atoms with Crippen molar-refractivity contribution in [3.63, 3.8) is 0 Å². The van der Waals surface area contributed by atoms with Gasteiger partial charge in [-0.05, 0) is 44.0 Å². The van der Waals surface area contributed by atoms with E-state index in [1.165, 1.54) is 14.0 Å². The van der Waals surface area contributed by atoms with Gasteiger partial charge in [0.2, 0.25) is 0 Å². The SMILES string of the molecule is CNC(=O)NC(=O)[C@@H](C)OC(=O)COc1ccc(C)c(C)c1. The number of aryl methyl sites for hydroxylation is 2. The third-order valence-corrected chi connectivity index (χ3v) is 2.98. The number of imide groups is 1. The third kappa shape index (κ3) is 5.43. The number of nitrogens with one attached hydrogen (secondary N) is 2. The Kier molecular flexibility index (Phi) is 6.37. The van der Waals surface area contributed by atoms with E-state index in [1.807, 2.05) is 31.3 Å².